The van der Waals surface area contributed by atoms with Crippen LogP contribution in [0.3, 0.4) is 0 Å². The predicted octanol–water partition coefficient (Wildman–Crippen LogP) is 3.05. The Morgan fingerprint density at radius 3 is 2.72 bits per heavy atom. The van der Waals surface area contributed by atoms with Gasteiger partial charge in [-0.05, 0) is 18.1 Å². The normalized spacial score (nSPS) is 12.3. The Hall–Kier alpha value is -1.17. The fraction of sp³-hybridized carbons (Fsp3) is 0.417. The summed E-state index contributed by atoms with van der Waals surface area (Å²) in [5.41, 5.74) is 0.111. The molecule has 1 atom stereocenters. The number of amides is 1. The summed E-state index contributed by atoms with van der Waals surface area (Å²) in [6.45, 7) is -0.524. The van der Waals surface area contributed by atoms with Crippen LogP contribution in [0.15, 0.2) is 24.3 Å². The van der Waals surface area contributed by atoms with Crippen LogP contribution in [-0.4, -0.2) is 24.4 Å². The van der Waals surface area contributed by atoms with Gasteiger partial charge in [-0.3, -0.25) is 4.79 Å². The molecule has 0 aromatic heterocycles. The molecule has 1 aromatic rings. The molecule has 0 heterocycles. The van der Waals surface area contributed by atoms with Crippen molar-refractivity contribution in [2.45, 2.75) is 13.5 Å². The molecule has 0 radical (unpaired) electrons. The van der Waals surface area contributed by atoms with Gasteiger partial charge in [-0.2, -0.15) is 8.78 Å². The highest BCUT2D eigenvalue weighted by Crippen LogP contribution is 2.20. The maximum absolute atomic E-state index is 12.2. The van der Waals surface area contributed by atoms with E-state index in [1.54, 1.807) is 6.07 Å². The molecule has 0 aliphatic carbocycles. The number of alkyl halides is 3. The van der Waals surface area contributed by atoms with Crippen molar-refractivity contribution in [3.05, 3.63) is 29.8 Å². The van der Waals surface area contributed by atoms with Gasteiger partial charge in [0.15, 0.2) is 0 Å². The summed E-state index contributed by atoms with van der Waals surface area (Å²) in [7, 11) is 0. The number of halogens is 3. The fourth-order valence-electron chi connectivity index (χ4n) is 1.27. The number of para-hydroxylation sites is 1. The van der Waals surface area contributed by atoms with Crippen molar-refractivity contribution in [3.63, 3.8) is 0 Å². The lowest BCUT2D eigenvalue weighted by molar-refractivity contribution is -0.0501. The Balaban J connectivity index is 2.72. The van der Waals surface area contributed by atoms with Crippen molar-refractivity contribution in [3.8, 4) is 5.75 Å². The van der Waals surface area contributed by atoms with E-state index in [0.29, 0.717) is 6.54 Å². The van der Waals surface area contributed by atoms with E-state index in [0.717, 1.165) is 5.33 Å². The molecule has 0 saturated heterocycles. The van der Waals surface area contributed by atoms with E-state index in [9.17, 15) is 13.6 Å². The highest BCUT2D eigenvalue weighted by Gasteiger charge is 2.15. The van der Waals surface area contributed by atoms with E-state index >= 15 is 0 Å². The minimum absolute atomic E-state index is 0.111. The second-order valence-corrected chi connectivity index (χ2v) is 4.49. The first-order valence-corrected chi connectivity index (χ1v) is 6.54. The highest BCUT2D eigenvalue weighted by molar-refractivity contribution is 9.09. The van der Waals surface area contributed by atoms with Gasteiger partial charge in [-0.25, -0.2) is 0 Å². The standard InChI is InChI=1S/C12H14BrF2NO2/c1-8(6-13)7-16-11(17)9-4-2-3-5-10(9)18-12(14)15/h2-5,8,12H,6-7H2,1H3,(H,16,17). The summed E-state index contributed by atoms with van der Waals surface area (Å²) in [4.78, 5) is 11.8. The molecular formula is C12H14BrF2NO2. The average Bonchev–Trinajstić information content (AvgIpc) is 2.35. The predicted molar refractivity (Wildman–Crippen MR) is 68.4 cm³/mol. The van der Waals surface area contributed by atoms with Gasteiger partial charge >= 0.3 is 6.61 Å². The molecule has 3 nitrogen and oxygen atoms in total. The summed E-state index contributed by atoms with van der Waals surface area (Å²) in [5.74, 6) is -0.271. The SMILES string of the molecule is CC(CBr)CNC(=O)c1ccccc1OC(F)F. The van der Waals surface area contributed by atoms with E-state index < -0.39 is 12.5 Å². The third kappa shape index (κ3) is 4.60. The fourth-order valence-corrected chi connectivity index (χ4v) is 1.50. The van der Waals surface area contributed by atoms with Gasteiger partial charge in [0.2, 0.25) is 0 Å². The first-order chi connectivity index (χ1) is 8.54. The Morgan fingerprint density at radius 1 is 1.44 bits per heavy atom. The van der Waals surface area contributed by atoms with E-state index in [1.807, 2.05) is 6.92 Å². The summed E-state index contributed by atoms with van der Waals surface area (Å²) < 4.78 is 28.6. The van der Waals surface area contributed by atoms with E-state index in [-0.39, 0.29) is 17.2 Å². The van der Waals surface area contributed by atoms with Gasteiger partial charge in [0.25, 0.3) is 5.91 Å². The first kappa shape index (κ1) is 14.9. The van der Waals surface area contributed by atoms with E-state index in [1.165, 1.54) is 18.2 Å². The average molecular weight is 322 g/mol. The molecule has 1 aromatic carbocycles. The van der Waals surface area contributed by atoms with E-state index in [2.05, 4.69) is 26.0 Å². The van der Waals surface area contributed by atoms with Crippen LogP contribution in [0.1, 0.15) is 17.3 Å². The molecule has 18 heavy (non-hydrogen) atoms. The van der Waals surface area contributed by atoms with Crippen molar-refractivity contribution in [1.82, 2.24) is 5.32 Å². The number of nitrogens with one attached hydrogen (secondary N) is 1. The van der Waals surface area contributed by atoms with Crippen molar-refractivity contribution in [2.75, 3.05) is 11.9 Å². The van der Waals surface area contributed by atoms with Crippen molar-refractivity contribution in [2.24, 2.45) is 5.92 Å². The van der Waals surface area contributed by atoms with Gasteiger partial charge in [0, 0.05) is 11.9 Å². The van der Waals surface area contributed by atoms with Gasteiger partial charge < -0.3 is 10.1 Å². The van der Waals surface area contributed by atoms with Crippen LogP contribution < -0.4 is 10.1 Å². The van der Waals surface area contributed by atoms with Crippen LogP contribution in [0.5, 0.6) is 5.75 Å². The summed E-state index contributed by atoms with van der Waals surface area (Å²) in [5, 5.41) is 3.42. The Labute approximate surface area is 113 Å². The summed E-state index contributed by atoms with van der Waals surface area (Å²) in [6, 6.07) is 5.93. The number of rotatable bonds is 6. The highest BCUT2D eigenvalue weighted by atomic mass is 79.9. The van der Waals surface area contributed by atoms with Crippen molar-refractivity contribution in [1.29, 1.82) is 0 Å². The molecule has 1 rings (SSSR count). The minimum Gasteiger partial charge on any atom is -0.434 e. The molecule has 0 bridgehead atoms. The zero-order valence-electron chi connectivity index (χ0n) is 9.83. The number of hydrogen-bond acceptors (Lipinski definition) is 2. The van der Waals surface area contributed by atoms with Gasteiger partial charge in [0.05, 0.1) is 5.56 Å². The molecular weight excluding hydrogens is 308 g/mol. The molecule has 0 fully saturated rings. The minimum atomic E-state index is -2.94. The molecule has 1 N–H and O–H groups in total. The number of hydrogen-bond donors (Lipinski definition) is 1. The molecule has 1 amide bonds. The number of carbonyl (C=O) groups is 1. The molecule has 1 unspecified atom stereocenters. The smallest absolute Gasteiger partial charge is 0.387 e. The van der Waals surface area contributed by atoms with Crippen LogP contribution in [0.2, 0.25) is 0 Å². The van der Waals surface area contributed by atoms with Crippen LogP contribution in [0, 0.1) is 5.92 Å². The van der Waals surface area contributed by atoms with Gasteiger partial charge in [0.1, 0.15) is 5.75 Å². The van der Waals surface area contributed by atoms with Gasteiger partial charge in [-0.15, -0.1) is 0 Å². The largest absolute Gasteiger partial charge is 0.434 e. The summed E-state index contributed by atoms with van der Waals surface area (Å²) >= 11 is 3.29. The van der Waals surface area contributed by atoms with Crippen LogP contribution in [0.25, 0.3) is 0 Å². The second-order valence-electron chi connectivity index (χ2n) is 3.84. The molecule has 0 aliphatic heterocycles. The van der Waals surface area contributed by atoms with Crippen molar-refractivity contribution < 1.29 is 18.3 Å². The van der Waals surface area contributed by atoms with Gasteiger partial charge in [-0.1, -0.05) is 35.0 Å². The third-order valence-corrected chi connectivity index (χ3v) is 3.33. The second kappa shape index (κ2) is 7.31. The maximum Gasteiger partial charge on any atom is 0.387 e. The first-order valence-electron chi connectivity index (χ1n) is 5.42. The monoisotopic (exact) mass is 321 g/mol. The van der Waals surface area contributed by atoms with Crippen LogP contribution in [0.4, 0.5) is 8.78 Å². The number of ether oxygens (including phenoxy) is 1. The zero-order chi connectivity index (χ0) is 13.5. The third-order valence-electron chi connectivity index (χ3n) is 2.22. The zero-order valence-corrected chi connectivity index (χ0v) is 11.4. The molecule has 0 saturated carbocycles. The Bertz CT molecular complexity index is 401. The lowest BCUT2D eigenvalue weighted by Crippen LogP contribution is -2.29. The van der Waals surface area contributed by atoms with Crippen LogP contribution in [-0.2, 0) is 0 Å². The molecule has 0 aliphatic rings. The lowest BCUT2D eigenvalue weighted by atomic mass is 10.1. The number of benzene rings is 1. The Kier molecular flexibility index (Phi) is 6.04. The maximum atomic E-state index is 12.2. The van der Waals surface area contributed by atoms with Crippen LogP contribution >= 0.6 is 15.9 Å². The molecule has 0 spiro atoms. The Morgan fingerprint density at radius 2 is 2.11 bits per heavy atom. The number of carbonyl (C=O) groups excluding carboxylic acids is 1. The van der Waals surface area contributed by atoms with Crippen molar-refractivity contribution >= 4 is 21.8 Å². The summed E-state index contributed by atoms with van der Waals surface area (Å²) in [6.07, 6.45) is 0. The molecule has 6 heteroatoms. The topological polar surface area (TPSA) is 38.3 Å². The quantitative estimate of drug-likeness (QED) is 0.818. The molecule has 100 valence electrons. The lowest BCUT2D eigenvalue weighted by Gasteiger charge is -2.12. The van der Waals surface area contributed by atoms with E-state index in [4.69, 9.17) is 0 Å².